The molecule has 0 aliphatic heterocycles. The predicted molar refractivity (Wildman–Crippen MR) is 115 cm³/mol. The Balaban J connectivity index is 1.44. The van der Waals surface area contributed by atoms with Crippen LogP contribution >= 0.6 is 0 Å². The lowest BCUT2D eigenvalue weighted by molar-refractivity contribution is -0.119. The maximum Gasteiger partial charge on any atom is 0.226 e. The van der Waals surface area contributed by atoms with E-state index in [1.807, 2.05) is 31.2 Å². The number of rotatable bonds is 10. The van der Waals surface area contributed by atoms with Crippen LogP contribution in [-0.4, -0.2) is 17.9 Å². The highest BCUT2D eigenvalue weighted by Crippen LogP contribution is 2.25. The molecule has 1 aromatic heterocycles. The first-order chi connectivity index (χ1) is 14.0. The zero-order valence-electron chi connectivity index (χ0n) is 17.5. The van der Waals surface area contributed by atoms with Crippen molar-refractivity contribution in [2.45, 2.75) is 52.4 Å². The maximum atomic E-state index is 12.2. The van der Waals surface area contributed by atoms with E-state index in [0.29, 0.717) is 24.5 Å². The Labute approximate surface area is 172 Å². The molecular formula is C25H29NO3. The van der Waals surface area contributed by atoms with Gasteiger partial charge in [0.1, 0.15) is 17.3 Å². The number of benzene rings is 2. The van der Waals surface area contributed by atoms with Gasteiger partial charge in [0.2, 0.25) is 5.89 Å². The number of carbonyl (C=O) groups excluding carboxylic acids is 1. The second-order valence-corrected chi connectivity index (χ2v) is 7.49. The summed E-state index contributed by atoms with van der Waals surface area (Å²) in [6, 6.07) is 16.2. The van der Waals surface area contributed by atoms with Gasteiger partial charge >= 0.3 is 0 Å². The van der Waals surface area contributed by atoms with Gasteiger partial charge in [-0.2, -0.15) is 0 Å². The highest BCUT2D eigenvalue weighted by Gasteiger charge is 2.12. The Morgan fingerprint density at radius 3 is 2.45 bits per heavy atom. The Bertz CT molecular complexity index is 941. The Morgan fingerprint density at radius 1 is 1.00 bits per heavy atom. The third kappa shape index (κ3) is 6.05. The van der Waals surface area contributed by atoms with Gasteiger partial charge in [0.15, 0.2) is 0 Å². The van der Waals surface area contributed by atoms with Gasteiger partial charge in [0.05, 0.1) is 12.8 Å². The number of ether oxygens (including phenoxy) is 1. The molecule has 0 N–H and O–H groups in total. The standard InChI is InChI=1S/C25H29NO3/c1-18-13-15-20(16-14-18)7-4-9-22(27)10-6-12-24-19(2)29-25(26-24)21-8-5-11-23(17-21)28-3/h5,8,11,13-17H,4,6-7,9-10,12H2,1-3H3. The van der Waals surface area contributed by atoms with Gasteiger partial charge in [0.25, 0.3) is 0 Å². The third-order valence-electron chi connectivity index (χ3n) is 5.12. The van der Waals surface area contributed by atoms with E-state index in [1.165, 1.54) is 11.1 Å². The van der Waals surface area contributed by atoms with E-state index in [9.17, 15) is 4.79 Å². The van der Waals surface area contributed by atoms with E-state index in [4.69, 9.17) is 9.15 Å². The highest BCUT2D eigenvalue weighted by molar-refractivity contribution is 5.78. The van der Waals surface area contributed by atoms with Crippen molar-refractivity contribution in [3.63, 3.8) is 0 Å². The van der Waals surface area contributed by atoms with E-state index in [1.54, 1.807) is 7.11 Å². The van der Waals surface area contributed by atoms with Crippen LogP contribution < -0.4 is 4.74 Å². The molecule has 0 unspecified atom stereocenters. The summed E-state index contributed by atoms with van der Waals surface area (Å²) in [6.07, 6.45) is 4.65. The number of aromatic nitrogens is 1. The Hall–Kier alpha value is -2.88. The molecule has 0 saturated heterocycles. The van der Waals surface area contributed by atoms with E-state index in [0.717, 1.165) is 48.5 Å². The van der Waals surface area contributed by atoms with Crippen LogP contribution in [-0.2, 0) is 17.6 Å². The molecule has 0 aliphatic rings. The smallest absolute Gasteiger partial charge is 0.226 e. The number of carbonyl (C=O) groups is 1. The summed E-state index contributed by atoms with van der Waals surface area (Å²) in [7, 11) is 1.64. The molecule has 0 fully saturated rings. The normalized spacial score (nSPS) is 10.9. The molecule has 0 radical (unpaired) electrons. The highest BCUT2D eigenvalue weighted by atomic mass is 16.5. The molecule has 1 heterocycles. The van der Waals surface area contributed by atoms with Crippen molar-refractivity contribution in [3.8, 4) is 17.2 Å². The van der Waals surface area contributed by atoms with Crippen LogP contribution in [0.1, 0.15) is 48.3 Å². The summed E-state index contributed by atoms with van der Waals surface area (Å²) in [6.45, 7) is 4.01. The van der Waals surface area contributed by atoms with Gasteiger partial charge in [-0.05, 0) is 63.3 Å². The first kappa shape index (κ1) is 20.8. The van der Waals surface area contributed by atoms with Crippen LogP contribution in [0, 0.1) is 13.8 Å². The molecule has 2 aromatic carbocycles. The van der Waals surface area contributed by atoms with Crippen LogP contribution in [0.5, 0.6) is 5.75 Å². The van der Waals surface area contributed by atoms with Gasteiger partial charge in [-0.3, -0.25) is 4.79 Å². The molecule has 0 spiro atoms. The van der Waals surface area contributed by atoms with E-state index >= 15 is 0 Å². The number of hydrogen-bond acceptors (Lipinski definition) is 4. The Kier molecular flexibility index (Phi) is 7.23. The second kappa shape index (κ2) is 10.1. The summed E-state index contributed by atoms with van der Waals surface area (Å²) in [5.41, 5.74) is 4.38. The first-order valence-corrected chi connectivity index (χ1v) is 10.2. The van der Waals surface area contributed by atoms with E-state index in [-0.39, 0.29) is 0 Å². The first-order valence-electron chi connectivity index (χ1n) is 10.2. The van der Waals surface area contributed by atoms with Gasteiger partial charge < -0.3 is 9.15 Å². The average Bonchev–Trinajstić information content (AvgIpc) is 3.10. The van der Waals surface area contributed by atoms with Crippen LogP contribution in [0.3, 0.4) is 0 Å². The molecule has 4 nitrogen and oxygen atoms in total. The summed E-state index contributed by atoms with van der Waals surface area (Å²) in [5, 5.41) is 0. The molecular weight excluding hydrogens is 362 g/mol. The SMILES string of the molecule is COc1cccc(-c2nc(CCCC(=O)CCCc3ccc(C)cc3)c(C)o2)c1. The average molecular weight is 392 g/mol. The monoisotopic (exact) mass is 391 g/mol. The number of ketones is 1. The zero-order valence-corrected chi connectivity index (χ0v) is 17.5. The molecule has 0 amide bonds. The lowest BCUT2D eigenvalue weighted by Gasteiger charge is -2.03. The summed E-state index contributed by atoms with van der Waals surface area (Å²) >= 11 is 0. The van der Waals surface area contributed by atoms with Crippen molar-refractivity contribution in [3.05, 3.63) is 71.1 Å². The maximum absolute atomic E-state index is 12.2. The number of Topliss-reactive ketones (excluding diaryl/α,β-unsaturated/α-hetero) is 1. The molecule has 152 valence electrons. The van der Waals surface area contributed by atoms with Crippen molar-refractivity contribution in [1.29, 1.82) is 0 Å². The minimum absolute atomic E-state index is 0.325. The fraction of sp³-hybridized carbons (Fsp3) is 0.360. The number of oxazole rings is 1. The number of hydrogen-bond donors (Lipinski definition) is 0. The van der Waals surface area contributed by atoms with E-state index < -0.39 is 0 Å². The van der Waals surface area contributed by atoms with Gasteiger partial charge in [-0.1, -0.05) is 35.9 Å². The van der Waals surface area contributed by atoms with Crippen molar-refractivity contribution < 1.29 is 13.9 Å². The van der Waals surface area contributed by atoms with Gasteiger partial charge in [0, 0.05) is 18.4 Å². The largest absolute Gasteiger partial charge is 0.497 e. The van der Waals surface area contributed by atoms with Gasteiger partial charge in [-0.25, -0.2) is 4.98 Å². The van der Waals surface area contributed by atoms with Crippen molar-refractivity contribution in [1.82, 2.24) is 4.98 Å². The van der Waals surface area contributed by atoms with Crippen molar-refractivity contribution in [2.24, 2.45) is 0 Å². The van der Waals surface area contributed by atoms with Crippen LogP contribution in [0.25, 0.3) is 11.5 Å². The second-order valence-electron chi connectivity index (χ2n) is 7.49. The number of methoxy groups -OCH3 is 1. The van der Waals surface area contributed by atoms with E-state index in [2.05, 4.69) is 36.2 Å². The molecule has 4 heteroatoms. The minimum Gasteiger partial charge on any atom is -0.497 e. The summed E-state index contributed by atoms with van der Waals surface area (Å²) in [4.78, 5) is 16.8. The van der Waals surface area contributed by atoms with Crippen LogP contribution in [0.4, 0.5) is 0 Å². The quantitative estimate of drug-likeness (QED) is 0.433. The molecule has 0 bridgehead atoms. The van der Waals surface area contributed by atoms with Crippen molar-refractivity contribution >= 4 is 5.78 Å². The van der Waals surface area contributed by atoms with Gasteiger partial charge in [-0.15, -0.1) is 0 Å². The lowest BCUT2D eigenvalue weighted by Crippen LogP contribution is -2.00. The summed E-state index contributed by atoms with van der Waals surface area (Å²) in [5.74, 6) is 2.51. The fourth-order valence-corrected chi connectivity index (χ4v) is 3.36. The molecule has 0 atom stereocenters. The van der Waals surface area contributed by atoms with Crippen molar-refractivity contribution in [2.75, 3.05) is 7.11 Å². The summed E-state index contributed by atoms with van der Waals surface area (Å²) < 4.78 is 11.1. The number of aryl methyl sites for hydroxylation is 4. The van der Waals surface area contributed by atoms with Crippen LogP contribution in [0.15, 0.2) is 52.9 Å². The molecule has 3 rings (SSSR count). The molecule has 0 saturated carbocycles. The molecule has 29 heavy (non-hydrogen) atoms. The third-order valence-corrected chi connectivity index (χ3v) is 5.12. The number of nitrogens with zero attached hydrogens (tertiary/aromatic N) is 1. The minimum atomic E-state index is 0.325. The molecule has 0 aliphatic carbocycles. The van der Waals surface area contributed by atoms with Crippen LogP contribution in [0.2, 0.25) is 0 Å². The molecule has 3 aromatic rings. The Morgan fingerprint density at radius 2 is 1.72 bits per heavy atom. The lowest BCUT2D eigenvalue weighted by atomic mass is 10.0. The predicted octanol–water partition coefficient (Wildman–Crippen LogP) is 5.88. The fourth-order valence-electron chi connectivity index (χ4n) is 3.36. The zero-order chi connectivity index (χ0) is 20.6. The topological polar surface area (TPSA) is 52.3 Å².